The van der Waals surface area contributed by atoms with Crippen molar-refractivity contribution in [3.05, 3.63) is 105 Å². The molecule has 0 radical (unpaired) electrons. The summed E-state index contributed by atoms with van der Waals surface area (Å²) in [5.74, 6) is 0.243. The van der Waals surface area contributed by atoms with Crippen molar-refractivity contribution in [2.75, 3.05) is 10.6 Å². The van der Waals surface area contributed by atoms with Crippen LogP contribution in [0.4, 0.5) is 11.4 Å². The fourth-order valence-electron chi connectivity index (χ4n) is 4.41. The maximum atomic E-state index is 13.5. The van der Waals surface area contributed by atoms with E-state index in [9.17, 15) is 4.79 Å². The number of allylic oxidation sites excluding steroid dienone is 1. The maximum Gasteiger partial charge on any atom is 0.163 e. The Bertz CT molecular complexity index is 1150. The zero-order chi connectivity index (χ0) is 20.7. The molecule has 3 aromatic carbocycles. The number of nitrogens with one attached hydrogen (secondary N) is 2. The third-order valence-corrected chi connectivity index (χ3v) is 6.46. The van der Waals surface area contributed by atoms with Crippen molar-refractivity contribution in [3.63, 3.8) is 0 Å². The number of carbonyl (C=O) groups excluding carboxylic acids is 1. The van der Waals surface area contributed by atoms with Gasteiger partial charge in [0, 0.05) is 27.7 Å². The number of ketones is 1. The first-order valence-corrected chi connectivity index (χ1v) is 10.7. The van der Waals surface area contributed by atoms with E-state index in [-0.39, 0.29) is 17.7 Å². The molecule has 30 heavy (non-hydrogen) atoms. The van der Waals surface area contributed by atoms with Gasteiger partial charge in [0.15, 0.2) is 5.78 Å². The smallest absolute Gasteiger partial charge is 0.163 e. The Balaban J connectivity index is 1.62. The zero-order valence-corrected chi connectivity index (χ0v) is 17.7. The lowest BCUT2D eigenvalue weighted by molar-refractivity contribution is -0.116. The average molecular weight is 435 g/mol. The van der Waals surface area contributed by atoms with Crippen molar-refractivity contribution in [1.29, 1.82) is 0 Å². The van der Waals surface area contributed by atoms with Gasteiger partial charge >= 0.3 is 0 Å². The monoisotopic (exact) mass is 434 g/mol. The van der Waals surface area contributed by atoms with Gasteiger partial charge in [-0.2, -0.15) is 0 Å². The largest absolute Gasteiger partial charge is 0.372 e. The molecule has 0 saturated carbocycles. The predicted molar refractivity (Wildman–Crippen MR) is 123 cm³/mol. The molecule has 1 aliphatic carbocycles. The average Bonchev–Trinajstić information content (AvgIpc) is 2.91. The number of carbonyl (C=O) groups is 1. The van der Waals surface area contributed by atoms with Crippen molar-refractivity contribution in [2.45, 2.75) is 24.8 Å². The summed E-state index contributed by atoms with van der Waals surface area (Å²) in [5, 5.41) is 8.46. The molecule has 0 spiro atoms. The minimum atomic E-state index is -0.302. The Hall–Kier alpha value is -2.75. The van der Waals surface area contributed by atoms with Crippen molar-refractivity contribution in [1.82, 2.24) is 0 Å². The number of para-hydroxylation sites is 2. The van der Waals surface area contributed by atoms with Crippen LogP contribution in [0.5, 0.6) is 0 Å². The van der Waals surface area contributed by atoms with E-state index in [1.54, 1.807) is 0 Å². The third kappa shape index (κ3) is 3.49. The second-order valence-electron chi connectivity index (χ2n) is 7.74. The molecule has 3 aromatic rings. The van der Waals surface area contributed by atoms with Gasteiger partial charge in [-0.15, -0.1) is 0 Å². The summed E-state index contributed by atoms with van der Waals surface area (Å²) in [5.41, 5.74) is 5.67. The topological polar surface area (TPSA) is 41.1 Å². The number of halogens is 2. The normalized spacial score (nSPS) is 20.5. The van der Waals surface area contributed by atoms with Gasteiger partial charge in [0.2, 0.25) is 0 Å². The number of rotatable bonds is 2. The van der Waals surface area contributed by atoms with Gasteiger partial charge in [-0.05, 0) is 53.8 Å². The Morgan fingerprint density at radius 2 is 1.50 bits per heavy atom. The molecule has 0 saturated heterocycles. The van der Waals surface area contributed by atoms with Crippen LogP contribution >= 0.6 is 23.2 Å². The lowest BCUT2D eigenvalue weighted by atomic mass is 9.78. The summed E-state index contributed by atoms with van der Waals surface area (Å²) in [6, 6.07) is 23.2. The Morgan fingerprint density at radius 1 is 0.800 bits per heavy atom. The molecule has 0 bridgehead atoms. The number of fused-ring (bicyclic) bond motifs is 1. The fourth-order valence-corrected chi connectivity index (χ4v) is 4.78. The van der Waals surface area contributed by atoms with E-state index in [1.165, 1.54) is 0 Å². The zero-order valence-electron chi connectivity index (χ0n) is 16.2. The van der Waals surface area contributed by atoms with E-state index < -0.39 is 0 Å². The Labute approximate surface area is 185 Å². The summed E-state index contributed by atoms with van der Waals surface area (Å²) in [6.07, 6.45) is 1.21. The molecule has 1 aliphatic heterocycles. The molecule has 0 unspecified atom stereocenters. The highest BCUT2D eigenvalue weighted by Gasteiger charge is 2.36. The molecular weight excluding hydrogens is 415 g/mol. The summed E-state index contributed by atoms with van der Waals surface area (Å²) in [7, 11) is 0. The predicted octanol–water partition coefficient (Wildman–Crippen LogP) is 6.97. The molecule has 2 atom stereocenters. The summed E-state index contributed by atoms with van der Waals surface area (Å²) < 4.78 is 0. The van der Waals surface area contributed by atoms with Gasteiger partial charge in [-0.3, -0.25) is 4.79 Å². The number of anilines is 2. The molecule has 0 amide bonds. The first-order chi connectivity index (χ1) is 14.6. The van der Waals surface area contributed by atoms with Gasteiger partial charge in [-0.1, -0.05) is 65.7 Å². The summed E-state index contributed by atoms with van der Waals surface area (Å²) in [6.45, 7) is 0. The highest BCUT2D eigenvalue weighted by Crippen LogP contribution is 2.45. The second kappa shape index (κ2) is 7.82. The Morgan fingerprint density at radius 3 is 2.27 bits per heavy atom. The fraction of sp³-hybridized carbons (Fsp3) is 0.160. The van der Waals surface area contributed by atoms with Gasteiger partial charge in [-0.25, -0.2) is 0 Å². The van der Waals surface area contributed by atoms with E-state index in [0.29, 0.717) is 16.5 Å². The minimum absolute atomic E-state index is 0.109. The molecule has 150 valence electrons. The molecule has 0 fully saturated rings. The van der Waals surface area contributed by atoms with Crippen LogP contribution in [0.1, 0.15) is 35.9 Å². The van der Waals surface area contributed by atoms with Gasteiger partial charge < -0.3 is 10.6 Å². The third-order valence-electron chi connectivity index (χ3n) is 5.87. The van der Waals surface area contributed by atoms with Crippen molar-refractivity contribution < 1.29 is 4.79 Å². The minimum Gasteiger partial charge on any atom is -0.372 e. The highest BCUT2D eigenvalue weighted by molar-refractivity contribution is 6.31. The maximum absolute atomic E-state index is 13.5. The quantitative estimate of drug-likeness (QED) is 0.457. The lowest BCUT2D eigenvalue weighted by Crippen LogP contribution is -2.27. The van der Waals surface area contributed by atoms with Gasteiger partial charge in [0.05, 0.1) is 17.4 Å². The Kier molecular flexibility index (Phi) is 5.01. The van der Waals surface area contributed by atoms with Gasteiger partial charge in [0.1, 0.15) is 0 Å². The molecule has 2 aliphatic rings. The molecular formula is C25H20Cl2N2O. The van der Waals surface area contributed by atoms with Crippen molar-refractivity contribution in [2.24, 2.45) is 0 Å². The van der Waals surface area contributed by atoms with Gasteiger partial charge in [0.25, 0.3) is 0 Å². The van der Waals surface area contributed by atoms with Crippen LogP contribution < -0.4 is 10.6 Å². The van der Waals surface area contributed by atoms with Crippen LogP contribution in [0, 0.1) is 0 Å². The molecule has 0 aromatic heterocycles. The molecule has 5 heteroatoms. The first kappa shape index (κ1) is 19.2. The first-order valence-electron chi connectivity index (χ1n) is 9.99. The standard InChI is InChI=1S/C25H20Cl2N2O/c26-17-11-9-15(10-12-17)16-13-22-24(23(30)14-16)25(18-5-1-2-6-19(18)27)29-21-8-4-3-7-20(21)28-22/h1-12,16,25,28-29H,13-14H2/t16-,25+/m0/s1. The number of hydrogen-bond acceptors (Lipinski definition) is 3. The lowest BCUT2D eigenvalue weighted by Gasteiger charge is -2.30. The number of Topliss-reactive ketones (excluding diaryl/α,β-unsaturated/α-hetero) is 1. The van der Waals surface area contributed by atoms with Crippen LogP contribution in [0.25, 0.3) is 0 Å². The summed E-state index contributed by atoms with van der Waals surface area (Å²) >= 11 is 12.6. The van der Waals surface area contributed by atoms with Crippen LogP contribution in [0.15, 0.2) is 84.1 Å². The molecule has 1 heterocycles. The van der Waals surface area contributed by atoms with E-state index in [1.807, 2.05) is 72.8 Å². The van der Waals surface area contributed by atoms with E-state index in [0.717, 1.165) is 40.2 Å². The highest BCUT2D eigenvalue weighted by atomic mass is 35.5. The van der Waals surface area contributed by atoms with E-state index in [2.05, 4.69) is 10.6 Å². The van der Waals surface area contributed by atoms with Crippen LogP contribution in [0.3, 0.4) is 0 Å². The van der Waals surface area contributed by atoms with E-state index in [4.69, 9.17) is 23.2 Å². The van der Waals surface area contributed by atoms with Crippen LogP contribution in [0.2, 0.25) is 10.0 Å². The van der Waals surface area contributed by atoms with Crippen molar-refractivity contribution in [3.8, 4) is 0 Å². The number of benzene rings is 3. The molecule has 3 nitrogen and oxygen atoms in total. The molecule has 2 N–H and O–H groups in total. The summed E-state index contributed by atoms with van der Waals surface area (Å²) in [4.78, 5) is 13.5. The van der Waals surface area contributed by atoms with E-state index >= 15 is 0 Å². The van der Waals surface area contributed by atoms with Crippen LogP contribution in [-0.4, -0.2) is 5.78 Å². The molecule has 5 rings (SSSR count). The van der Waals surface area contributed by atoms with Crippen molar-refractivity contribution >= 4 is 40.4 Å². The number of hydrogen-bond donors (Lipinski definition) is 2. The second-order valence-corrected chi connectivity index (χ2v) is 8.59. The van der Waals surface area contributed by atoms with Crippen LogP contribution in [-0.2, 0) is 4.79 Å². The SMILES string of the molecule is O=C1C[C@@H](c2ccc(Cl)cc2)CC2=C1[C@@H](c1ccccc1Cl)Nc1ccccc1N2.